The topological polar surface area (TPSA) is 61.9 Å². The Morgan fingerprint density at radius 2 is 1.93 bits per heavy atom. The lowest BCUT2D eigenvalue weighted by molar-refractivity contribution is 0.0202. The second-order valence-electron chi connectivity index (χ2n) is 7.99. The first-order chi connectivity index (χ1) is 14.3. The molecule has 1 saturated carbocycles. The zero-order chi connectivity index (χ0) is 19.6. The lowest BCUT2D eigenvalue weighted by Gasteiger charge is -2.20. The molecule has 5 rings (SSSR count). The number of aromatic nitrogens is 4. The standard InChI is InChI=1S/C23H26N4O2/c28-23(29-20-13-7-12-18(20)27-16-8-14-24-27)21-19-11-5-2-6-15-26(19)22(25-21)17-9-3-1-4-10-17/h1,3-4,8-10,14,16,18,20H,2,5-7,11-13,15H2/t18-,20-/m1/s1. The van der Waals surface area contributed by atoms with E-state index in [4.69, 9.17) is 9.72 Å². The van der Waals surface area contributed by atoms with Gasteiger partial charge in [0.25, 0.3) is 0 Å². The van der Waals surface area contributed by atoms with E-state index in [1.807, 2.05) is 35.1 Å². The lowest BCUT2D eigenvalue weighted by atomic mass is 10.1. The average Bonchev–Trinajstić information content (AvgIpc) is 3.46. The third-order valence-corrected chi connectivity index (χ3v) is 6.13. The molecule has 1 aliphatic carbocycles. The fraction of sp³-hybridized carbons (Fsp3) is 0.435. The van der Waals surface area contributed by atoms with Crippen molar-refractivity contribution in [2.24, 2.45) is 0 Å². The molecule has 6 nitrogen and oxygen atoms in total. The number of carbonyl (C=O) groups excluding carboxylic acids is 1. The highest BCUT2D eigenvalue weighted by atomic mass is 16.5. The Balaban J connectivity index is 1.46. The van der Waals surface area contributed by atoms with Crippen molar-refractivity contribution >= 4 is 5.97 Å². The van der Waals surface area contributed by atoms with E-state index in [0.717, 1.165) is 62.2 Å². The monoisotopic (exact) mass is 390 g/mol. The first-order valence-corrected chi connectivity index (χ1v) is 10.7. The van der Waals surface area contributed by atoms with E-state index in [1.54, 1.807) is 6.20 Å². The molecule has 3 heterocycles. The van der Waals surface area contributed by atoms with Gasteiger partial charge in [-0.05, 0) is 44.6 Å². The van der Waals surface area contributed by atoms with E-state index < -0.39 is 0 Å². The van der Waals surface area contributed by atoms with E-state index in [2.05, 4.69) is 21.8 Å². The minimum absolute atomic E-state index is 0.115. The molecule has 0 bridgehead atoms. The van der Waals surface area contributed by atoms with Crippen molar-refractivity contribution in [3.8, 4) is 11.4 Å². The van der Waals surface area contributed by atoms with Gasteiger partial charge < -0.3 is 9.30 Å². The van der Waals surface area contributed by atoms with E-state index in [-0.39, 0.29) is 18.1 Å². The summed E-state index contributed by atoms with van der Waals surface area (Å²) >= 11 is 0. The second-order valence-corrected chi connectivity index (χ2v) is 7.99. The van der Waals surface area contributed by atoms with Crippen LogP contribution in [-0.2, 0) is 17.7 Å². The van der Waals surface area contributed by atoms with Gasteiger partial charge in [0.05, 0.1) is 11.7 Å². The molecule has 1 aromatic carbocycles. The van der Waals surface area contributed by atoms with Crippen LogP contribution in [0.1, 0.15) is 60.7 Å². The van der Waals surface area contributed by atoms with Crippen molar-refractivity contribution in [3.63, 3.8) is 0 Å². The van der Waals surface area contributed by atoms with Gasteiger partial charge in [-0.3, -0.25) is 4.68 Å². The van der Waals surface area contributed by atoms with Crippen LogP contribution in [0.2, 0.25) is 0 Å². The van der Waals surface area contributed by atoms with E-state index >= 15 is 0 Å². The molecule has 0 radical (unpaired) electrons. The molecule has 1 aliphatic heterocycles. The summed E-state index contributed by atoms with van der Waals surface area (Å²) in [6.45, 7) is 0.902. The number of carbonyl (C=O) groups is 1. The second kappa shape index (κ2) is 7.85. The van der Waals surface area contributed by atoms with Gasteiger partial charge in [0.15, 0.2) is 5.69 Å². The third-order valence-electron chi connectivity index (χ3n) is 6.13. The highest BCUT2D eigenvalue weighted by Gasteiger charge is 2.34. The Labute approximate surface area is 170 Å². The number of benzene rings is 1. The summed E-state index contributed by atoms with van der Waals surface area (Å²) in [5.74, 6) is 0.589. The summed E-state index contributed by atoms with van der Waals surface area (Å²) in [7, 11) is 0. The summed E-state index contributed by atoms with van der Waals surface area (Å²) in [5, 5.41) is 4.36. The van der Waals surface area contributed by atoms with Crippen molar-refractivity contribution in [2.45, 2.75) is 63.6 Å². The molecule has 2 atom stereocenters. The van der Waals surface area contributed by atoms with Crippen molar-refractivity contribution in [1.82, 2.24) is 19.3 Å². The van der Waals surface area contributed by atoms with Gasteiger partial charge in [-0.1, -0.05) is 36.8 Å². The zero-order valence-corrected chi connectivity index (χ0v) is 16.5. The molecule has 0 N–H and O–H groups in total. The Bertz CT molecular complexity index is 978. The van der Waals surface area contributed by atoms with Crippen molar-refractivity contribution in [1.29, 1.82) is 0 Å². The quantitative estimate of drug-likeness (QED) is 0.619. The molecule has 0 unspecified atom stereocenters. The molecule has 1 fully saturated rings. The Morgan fingerprint density at radius 3 is 2.76 bits per heavy atom. The van der Waals surface area contributed by atoms with E-state index in [9.17, 15) is 4.79 Å². The molecule has 0 amide bonds. The van der Waals surface area contributed by atoms with Crippen molar-refractivity contribution in [3.05, 3.63) is 60.2 Å². The number of nitrogens with zero attached hydrogens (tertiary/aromatic N) is 4. The first-order valence-electron chi connectivity index (χ1n) is 10.7. The number of hydrogen-bond donors (Lipinski definition) is 0. The Hall–Kier alpha value is -2.89. The number of ether oxygens (including phenoxy) is 1. The maximum absolute atomic E-state index is 13.2. The van der Waals surface area contributed by atoms with E-state index in [0.29, 0.717) is 5.69 Å². The van der Waals surface area contributed by atoms with Gasteiger partial charge in [-0.15, -0.1) is 0 Å². The van der Waals surface area contributed by atoms with Crippen LogP contribution in [-0.4, -0.2) is 31.4 Å². The molecular formula is C23H26N4O2. The SMILES string of the molecule is O=C(O[C@@H]1CCC[C@H]1n1cccn1)c1nc(-c2ccccc2)n2c1CCCCC2. The number of fused-ring (bicyclic) bond motifs is 1. The smallest absolute Gasteiger partial charge is 0.359 e. The van der Waals surface area contributed by atoms with Crippen LogP contribution in [0.3, 0.4) is 0 Å². The van der Waals surface area contributed by atoms with Crippen molar-refractivity contribution < 1.29 is 9.53 Å². The largest absolute Gasteiger partial charge is 0.455 e. The van der Waals surface area contributed by atoms with Crippen LogP contribution in [0.15, 0.2) is 48.8 Å². The normalized spacial score (nSPS) is 21.5. The van der Waals surface area contributed by atoms with Crippen LogP contribution in [0.4, 0.5) is 0 Å². The fourth-order valence-corrected chi connectivity index (χ4v) is 4.71. The number of imidazole rings is 1. The molecule has 2 aliphatic rings. The van der Waals surface area contributed by atoms with Gasteiger partial charge in [-0.2, -0.15) is 5.10 Å². The summed E-state index contributed by atoms with van der Waals surface area (Å²) in [5.41, 5.74) is 2.57. The van der Waals surface area contributed by atoms with Gasteiger partial charge in [-0.25, -0.2) is 9.78 Å². The first kappa shape index (κ1) is 18.2. The number of esters is 1. The van der Waals surface area contributed by atoms with Crippen LogP contribution in [0.25, 0.3) is 11.4 Å². The predicted molar refractivity (Wildman–Crippen MR) is 110 cm³/mol. The van der Waals surface area contributed by atoms with E-state index in [1.165, 1.54) is 6.42 Å². The molecule has 150 valence electrons. The highest BCUT2D eigenvalue weighted by molar-refractivity contribution is 5.90. The van der Waals surface area contributed by atoms with Gasteiger partial charge >= 0.3 is 5.97 Å². The summed E-state index contributed by atoms with van der Waals surface area (Å²) in [4.78, 5) is 18.0. The van der Waals surface area contributed by atoms with Crippen LogP contribution in [0, 0.1) is 0 Å². The molecule has 0 saturated heterocycles. The summed E-state index contributed by atoms with van der Waals surface area (Å²) < 4.78 is 10.2. The lowest BCUT2D eigenvalue weighted by Crippen LogP contribution is -2.26. The maximum Gasteiger partial charge on any atom is 0.359 e. The van der Waals surface area contributed by atoms with Crippen LogP contribution in [0.5, 0.6) is 0 Å². The van der Waals surface area contributed by atoms with Crippen LogP contribution >= 0.6 is 0 Å². The molecule has 29 heavy (non-hydrogen) atoms. The highest BCUT2D eigenvalue weighted by Crippen LogP contribution is 2.33. The summed E-state index contributed by atoms with van der Waals surface area (Å²) in [6, 6.07) is 12.2. The van der Waals surface area contributed by atoms with Crippen LogP contribution < -0.4 is 0 Å². The molecule has 6 heteroatoms. The fourth-order valence-electron chi connectivity index (χ4n) is 4.71. The van der Waals surface area contributed by atoms with Crippen molar-refractivity contribution in [2.75, 3.05) is 0 Å². The average molecular weight is 390 g/mol. The molecule has 2 aromatic heterocycles. The minimum atomic E-state index is -0.290. The number of hydrogen-bond acceptors (Lipinski definition) is 4. The van der Waals surface area contributed by atoms with Gasteiger partial charge in [0.2, 0.25) is 0 Å². The van der Waals surface area contributed by atoms with Gasteiger partial charge in [0.1, 0.15) is 11.9 Å². The Morgan fingerprint density at radius 1 is 1.03 bits per heavy atom. The molecule has 0 spiro atoms. The van der Waals surface area contributed by atoms with Gasteiger partial charge in [0, 0.05) is 24.5 Å². The molecule has 3 aromatic rings. The third kappa shape index (κ3) is 3.48. The minimum Gasteiger partial charge on any atom is -0.455 e. The predicted octanol–water partition coefficient (Wildman–Crippen LogP) is 4.42. The Kier molecular flexibility index (Phi) is 4.92. The zero-order valence-electron chi connectivity index (χ0n) is 16.5. The summed E-state index contributed by atoms with van der Waals surface area (Å²) in [6.07, 6.45) is 10.7. The number of rotatable bonds is 4. The maximum atomic E-state index is 13.2. The molecular weight excluding hydrogens is 364 g/mol.